The minimum atomic E-state index is -0.803. The molecule has 0 aromatic rings. The van der Waals surface area contributed by atoms with Crippen molar-refractivity contribution in [1.82, 2.24) is 5.32 Å². The number of hydrogen-bond donors (Lipinski definition) is 3. The van der Waals surface area contributed by atoms with E-state index >= 15 is 0 Å². The van der Waals surface area contributed by atoms with E-state index in [4.69, 9.17) is 4.74 Å². The van der Waals surface area contributed by atoms with E-state index in [-0.39, 0.29) is 24.9 Å². The monoisotopic (exact) mass is 922 g/mol. The molecular weight excluding hydrogens is 815 g/mol. The smallest absolute Gasteiger partial charge is 0.306 e. The molecule has 6 nitrogen and oxygen atoms in total. The van der Waals surface area contributed by atoms with Crippen molar-refractivity contribution in [3.05, 3.63) is 72.9 Å². The summed E-state index contributed by atoms with van der Waals surface area (Å²) >= 11 is 0. The number of carbonyl (C=O) groups is 2. The van der Waals surface area contributed by atoms with Crippen LogP contribution in [0, 0.1) is 0 Å². The molecule has 0 saturated heterocycles. The fourth-order valence-corrected chi connectivity index (χ4v) is 8.33. The Morgan fingerprint density at radius 3 is 1.38 bits per heavy atom. The Morgan fingerprint density at radius 2 is 0.879 bits per heavy atom. The minimum Gasteiger partial charge on any atom is -0.462 e. The molecule has 3 atom stereocenters. The molecule has 0 aromatic heterocycles. The van der Waals surface area contributed by atoms with E-state index < -0.39 is 18.2 Å². The highest BCUT2D eigenvalue weighted by Crippen LogP contribution is 2.18. The molecule has 0 saturated carbocycles. The van der Waals surface area contributed by atoms with Crippen molar-refractivity contribution >= 4 is 11.9 Å². The molecule has 0 radical (unpaired) electrons. The number of rotatable bonds is 50. The Bertz CT molecular complexity index is 1220. The number of allylic oxidation sites excluding steroid dienone is 12. The standard InChI is InChI=1S/C60H107NO5/c1-4-7-10-13-16-19-22-25-28-31-33-36-39-42-45-48-51-56(66-60(65)53-50-47-44-41-38-35-32-29-26-23-20-17-14-11-8-5-2)54-59(64)61-57(55-62)58(63)52-49-46-43-40-37-34-30-27-24-21-18-15-12-9-6-3/h8,11,17,20,22,25-26,28-29,31,33,36,56-58,62-63H,4-7,9-10,12-16,18-19,21,23-24,27,30,32,34-35,37-55H2,1-3H3,(H,61,64)/b11-8+,20-17+,25-22+,29-26+,31-28+,36-33+. The fourth-order valence-electron chi connectivity index (χ4n) is 8.33. The van der Waals surface area contributed by atoms with E-state index in [0.29, 0.717) is 19.3 Å². The lowest BCUT2D eigenvalue weighted by molar-refractivity contribution is -0.151. The Morgan fingerprint density at radius 1 is 0.470 bits per heavy atom. The lowest BCUT2D eigenvalue weighted by Crippen LogP contribution is -2.46. The molecule has 0 fully saturated rings. The second-order valence-electron chi connectivity index (χ2n) is 19.0. The van der Waals surface area contributed by atoms with Gasteiger partial charge in [0.1, 0.15) is 6.10 Å². The largest absolute Gasteiger partial charge is 0.462 e. The molecule has 6 heteroatoms. The normalized spacial score (nSPS) is 13.7. The molecule has 66 heavy (non-hydrogen) atoms. The maximum absolute atomic E-state index is 13.3. The Labute approximate surface area is 409 Å². The van der Waals surface area contributed by atoms with Gasteiger partial charge in [-0.2, -0.15) is 0 Å². The summed E-state index contributed by atoms with van der Waals surface area (Å²) in [6.07, 6.45) is 68.2. The zero-order chi connectivity index (χ0) is 48.1. The van der Waals surface area contributed by atoms with E-state index in [2.05, 4.69) is 99.0 Å². The Kier molecular flexibility index (Phi) is 51.1. The number of unbranched alkanes of at least 4 members (excludes halogenated alkanes) is 28. The van der Waals surface area contributed by atoms with E-state index in [1.807, 2.05) is 0 Å². The molecular formula is C60H107NO5. The van der Waals surface area contributed by atoms with Crippen molar-refractivity contribution in [2.24, 2.45) is 0 Å². The van der Waals surface area contributed by atoms with Gasteiger partial charge in [-0.3, -0.25) is 9.59 Å². The van der Waals surface area contributed by atoms with E-state index in [0.717, 1.165) is 96.3 Å². The van der Waals surface area contributed by atoms with Crippen molar-refractivity contribution in [2.45, 2.75) is 289 Å². The molecule has 0 heterocycles. The van der Waals surface area contributed by atoms with Gasteiger partial charge in [-0.05, 0) is 83.5 Å². The molecule has 0 spiro atoms. The van der Waals surface area contributed by atoms with Gasteiger partial charge in [0, 0.05) is 6.42 Å². The first kappa shape index (κ1) is 63.3. The number of ether oxygens (including phenoxy) is 1. The average Bonchev–Trinajstić information content (AvgIpc) is 3.31. The van der Waals surface area contributed by atoms with Crippen LogP contribution in [0.1, 0.15) is 271 Å². The lowest BCUT2D eigenvalue weighted by Gasteiger charge is -2.24. The van der Waals surface area contributed by atoms with Crippen molar-refractivity contribution in [2.75, 3.05) is 6.61 Å². The van der Waals surface area contributed by atoms with Gasteiger partial charge in [0.05, 0.1) is 25.2 Å². The number of esters is 1. The van der Waals surface area contributed by atoms with Crippen LogP contribution in [0.4, 0.5) is 0 Å². The summed E-state index contributed by atoms with van der Waals surface area (Å²) in [6, 6.07) is -0.719. The Hall–Kier alpha value is -2.70. The summed E-state index contributed by atoms with van der Waals surface area (Å²) in [5.41, 5.74) is 0. The quantitative estimate of drug-likeness (QED) is 0.0244. The molecule has 3 N–H and O–H groups in total. The number of carbonyl (C=O) groups excluding carboxylic acids is 2. The maximum atomic E-state index is 13.3. The first-order valence-electron chi connectivity index (χ1n) is 28.2. The number of aliphatic hydroxyl groups excluding tert-OH is 2. The summed E-state index contributed by atoms with van der Waals surface area (Å²) in [4.78, 5) is 26.2. The van der Waals surface area contributed by atoms with Gasteiger partial charge < -0.3 is 20.3 Å². The molecule has 1 amide bonds. The van der Waals surface area contributed by atoms with Crippen LogP contribution in [0.3, 0.4) is 0 Å². The van der Waals surface area contributed by atoms with Gasteiger partial charge in [0.25, 0.3) is 0 Å². The molecule has 382 valence electrons. The highest BCUT2D eigenvalue weighted by molar-refractivity contribution is 5.77. The molecule has 3 unspecified atom stereocenters. The molecule has 0 aliphatic rings. The molecule has 0 aromatic carbocycles. The second-order valence-corrected chi connectivity index (χ2v) is 19.0. The number of amides is 1. The predicted molar refractivity (Wildman–Crippen MR) is 287 cm³/mol. The van der Waals surface area contributed by atoms with Crippen molar-refractivity contribution < 1.29 is 24.5 Å². The van der Waals surface area contributed by atoms with Gasteiger partial charge in [-0.1, -0.05) is 248 Å². The fraction of sp³-hybridized carbons (Fsp3) is 0.767. The Balaban J connectivity index is 4.65. The third kappa shape index (κ3) is 47.8. The zero-order valence-corrected chi connectivity index (χ0v) is 43.6. The van der Waals surface area contributed by atoms with Crippen LogP contribution in [-0.4, -0.2) is 46.9 Å². The minimum absolute atomic E-state index is 0.0475. The summed E-state index contributed by atoms with van der Waals surface area (Å²) in [5.74, 6) is -0.519. The third-order valence-corrected chi connectivity index (χ3v) is 12.6. The van der Waals surface area contributed by atoms with Gasteiger partial charge in [-0.25, -0.2) is 0 Å². The topological polar surface area (TPSA) is 95.9 Å². The van der Waals surface area contributed by atoms with Gasteiger partial charge >= 0.3 is 5.97 Å². The SMILES string of the molecule is CC/C=C/C/C=C/C/C=C/CCCCCCCCC(=O)OC(CCCCC/C=C/C=C/C=C/CCCCCCC)CC(=O)NC(CO)C(O)CCCCCCCCCCCCCCCCC. The second kappa shape index (κ2) is 53.3. The van der Waals surface area contributed by atoms with Crippen LogP contribution in [-0.2, 0) is 14.3 Å². The van der Waals surface area contributed by atoms with Gasteiger partial charge in [-0.15, -0.1) is 0 Å². The van der Waals surface area contributed by atoms with E-state index in [1.54, 1.807) is 0 Å². The van der Waals surface area contributed by atoms with Crippen molar-refractivity contribution in [1.29, 1.82) is 0 Å². The number of nitrogens with one attached hydrogen (secondary N) is 1. The van der Waals surface area contributed by atoms with Crippen LogP contribution in [0.25, 0.3) is 0 Å². The average molecular weight is 923 g/mol. The van der Waals surface area contributed by atoms with Crippen molar-refractivity contribution in [3.8, 4) is 0 Å². The van der Waals surface area contributed by atoms with Gasteiger partial charge in [0.15, 0.2) is 0 Å². The first-order valence-corrected chi connectivity index (χ1v) is 28.2. The third-order valence-electron chi connectivity index (χ3n) is 12.6. The first-order chi connectivity index (χ1) is 32.5. The number of aliphatic hydroxyl groups is 2. The molecule has 0 aliphatic carbocycles. The summed E-state index contributed by atoms with van der Waals surface area (Å²) in [5, 5.41) is 23.9. The number of hydrogen-bond acceptors (Lipinski definition) is 5. The van der Waals surface area contributed by atoms with E-state index in [1.165, 1.54) is 128 Å². The lowest BCUT2D eigenvalue weighted by atomic mass is 10.0. The van der Waals surface area contributed by atoms with Crippen LogP contribution >= 0.6 is 0 Å². The summed E-state index contributed by atoms with van der Waals surface area (Å²) in [7, 11) is 0. The highest BCUT2D eigenvalue weighted by Gasteiger charge is 2.24. The predicted octanol–water partition coefficient (Wildman–Crippen LogP) is 17.3. The zero-order valence-electron chi connectivity index (χ0n) is 43.6. The van der Waals surface area contributed by atoms with Crippen molar-refractivity contribution in [3.63, 3.8) is 0 Å². The van der Waals surface area contributed by atoms with Crippen LogP contribution in [0.15, 0.2) is 72.9 Å². The highest BCUT2D eigenvalue weighted by atomic mass is 16.5. The summed E-state index contributed by atoms with van der Waals surface area (Å²) in [6.45, 7) is 6.36. The van der Waals surface area contributed by atoms with Crippen LogP contribution in [0.5, 0.6) is 0 Å². The summed E-state index contributed by atoms with van der Waals surface area (Å²) < 4.78 is 5.94. The maximum Gasteiger partial charge on any atom is 0.306 e. The molecule has 0 rings (SSSR count). The molecule has 0 bridgehead atoms. The molecule has 0 aliphatic heterocycles. The van der Waals surface area contributed by atoms with Crippen LogP contribution in [0.2, 0.25) is 0 Å². The van der Waals surface area contributed by atoms with Crippen LogP contribution < -0.4 is 5.32 Å². The van der Waals surface area contributed by atoms with Gasteiger partial charge in [0.2, 0.25) is 5.91 Å². The van der Waals surface area contributed by atoms with E-state index in [9.17, 15) is 19.8 Å².